The van der Waals surface area contributed by atoms with Gasteiger partial charge in [-0.05, 0) is 45.1 Å². The Hall–Kier alpha value is -1.61. The second-order valence-corrected chi connectivity index (χ2v) is 5.98. The molecule has 0 amide bonds. The Balaban J connectivity index is 1.53. The standard InChI is InChI=1S/C17H22N2O/c1-11-5-4-6-14(7-11)15-8-16(9-15)19-13(3)17-18-10-12(2)20-17/h4-7,10,13,15-16,19H,8-9H2,1-3H3. The lowest BCUT2D eigenvalue weighted by Gasteiger charge is -2.37. The van der Waals surface area contributed by atoms with E-state index in [1.807, 2.05) is 6.92 Å². The van der Waals surface area contributed by atoms with Crippen LogP contribution in [-0.4, -0.2) is 11.0 Å². The SMILES string of the molecule is Cc1cccc(C2CC(NC(C)c3ncc(C)o3)C2)c1. The van der Waals surface area contributed by atoms with E-state index < -0.39 is 0 Å². The van der Waals surface area contributed by atoms with E-state index in [0.29, 0.717) is 12.0 Å². The van der Waals surface area contributed by atoms with Crippen LogP contribution in [0.5, 0.6) is 0 Å². The van der Waals surface area contributed by atoms with Crippen LogP contribution in [0.25, 0.3) is 0 Å². The van der Waals surface area contributed by atoms with Gasteiger partial charge in [-0.3, -0.25) is 0 Å². The first-order valence-electron chi connectivity index (χ1n) is 7.37. The fourth-order valence-corrected chi connectivity index (χ4v) is 2.95. The van der Waals surface area contributed by atoms with Crippen molar-refractivity contribution >= 4 is 0 Å². The highest BCUT2D eigenvalue weighted by Crippen LogP contribution is 2.38. The molecule has 0 bridgehead atoms. The predicted molar refractivity (Wildman–Crippen MR) is 79.7 cm³/mol. The van der Waals surface area contributed by atoms with Crippen molar-refractivity contribution in [3.8, 4) is 0 Å². The molecule has 1 fully saturated rings. The molecule has 1 saturated carbocycles. The number of benzene rings is 1. The zero-order chi connectivity index (χ0) is 14.1. The van der Waals surface area contributed by atoms with Crippen molar-refractivity contribution in [2.24, 2.45) is 0 Å². The first-order valence-corrected chi connectivity index (χ1v) is 7.37. The molecular formula is C17H22N2O. The van der Waals surface area contributed by atoms with Crippen molar-refractivity contribution in [3.63, 3.8) is 0 Å². The van der Waals surface area contributed by atoms with Gasteiger partial charge in [-0.2, -0.15) is 0 Å². The minimum absolute atomic E-state index is 0.187. The molecule has 1 aliphatic rings. The molecule has 2 aromatic rings. The molecule has 0 aliphatic heterocycles. The highest BCUT2D eigenvalue weighted by atomic mass is 16.4. The second-order valence-electron chi connectivity index (χ2n) is 5.98. The lowest BCUT2D eigenvalue weighted by molar-refractivity contribution is 0.254. The van der Waals surface area contributed by atoms with Crippen LogP contribution in [0.3, 0.4) is 0 Å². The topological polar surface area (TPSA) is 38.1 Å². The Morgan fingerprint density at radius 2 is 2.10 bits per heavy atom. The van der Waals surface area contributed by atoms with Gasteiger partial charge >= 0.3 is 0 Å². The Kier molecular flexibility index (Phi) is 3.62. The molecule has 3 nitrogen and oxygen atoms in total. The smallest absolute Gasteiger partial charge is 0.211 e. The van der Waals surface area contributed by atoms with Crippen LogP contribution >= 0.6 is 0 Å². The summed E-state index contributed by atoms with van der Waals surface area (Å²) in [6.07, 6.45) is 4.19. The largest absolute Gasteiger partial charge is 0.444 e. The van der Waals surface area contributed by atoms with Gasteiger partial charge in [0.05, 0.1) is 12.2 Å². The van der Waals surface area contributed by atoms with Gasteiger partial charge in [0.15, 0.2) is 0 Å². The summed E-state index contributed by atoms with van der Waals surface area (Å²) in [7, 11) is 0. The molecule has 1 atom stereocenters. The van der Waals surface area contributed by atoms with Crippen LogP contribution in [0.1, 0.15) is 54.5 Å². The van der Waals surface area contributed by atoms with E-state index in [0.717, 1.165) is 11.7 Å². The first kappa shape index (κ1) is 13.4. The number of rotatable bonds is 4. The highest BCUT2D eigenvalue weighted by Gasteiger charge is 2.31. The van der Waals surface area contributed by atoms with Crippen LogP contribution in [-0.2, 0) is 0 Å². The zero-order valence-electron chi connectivity index (χ0n) is 12.4. The third-order valence-corrected chi connectivity index (χ3v) is 4.15. The maximum absolute atomic E-state index is 5.57. The lowest BCUT2D eigenvalue weighted by atomic mass is 9.75. The summed E-state index contributed by atoms with van der Waals surface area (Å²) in [5.74, 6) is 2.37. The minimum atomic E-state index is 0.187. The molecule has 106 valence electrons. The molecule has 0 radical (unpaired) electrons. The fraction of sp³-hybridized carbons (Fsp3) is 0.471. The quantitative estimate of drug-likeness (QED) is 0.916. The molecule has 1 aromatic carbocycles. The van der Waals surface area contributed by atoms with Crippen LogP contribution in [0.15, 0.2) is 34.9 Å². The summed E-state index contributed by atoms with van der Waals surface area (Å²) in [4.78, 5) is 4.29. The fourth-order valence-electron chi connectivity index (χ4n) is 2.95. The number of oxazole rings is 1. The van der Waals surface area contributed by atoms with Crippen LogP contribution in [0.4, 0.5) is 0 Å². The molecule has 0 spiro atoms. The van der Waals surface area contributed by atoms with Gasteiger partial charge in [0.2, 0.25) is 5.89 Å². The Labute approximate surface area is 120 Å². The minimum Gasteiger partial charge on any atom is -0.444 e. The Bertz CT molecular complexity index is 584. The maximum atomic E-state index is 5.57. The van der Waals surface area contributed by atoms with Gasteiger partial charge in [-0.15, -0.1) is 0 Å². The van der Waals surface area contributed by atoms with E-state index >= 15 is 0 Å². The summed E-state index contributed by atoms with van der Waals surface area (Å²) in [5.41, 5.74) is 2.82. The van der Waals surface area contributed by atoms with E-state index in [9.17, 15) is 0 Å². The summed E-state index contributed by atoms with van der Waals surface area (Å²) in [5, 5.41) is 3.60. The third kappa shape index (κ3) is 2.78. The van der Waals surface area contributed by atoms with E-state index in [2.05, 4.69) is 48.4 Å². The predicted octanol–water partition coefficient (Wildman–Crippen LogP) is 3.89. The summed E-state index contributed by atoms with van der Waals surface area (Å²) in [6.45, 7) is 6.20. The van der Waals surface area contributed by atoms with E-state index in [-0.39, 0.29) is 6.04 Å². The van der Waals surface area contributed by atoms with E-state index in [1.54, 1.807) is 6.20 Å². The molecule has 20 heavy (non-hydrogen) atoms. The van der Waals surface area contributed by atoms with Gasteiger partial charge < -0.3 is 9.73 Å². The van der Waals surface area contributed by atoms with Crippen molar-refractivity contribution in [2.75, 3.05) is 0 Å². The molecule has 1 unspecified atom stereocenters. The molecule has 1 heterocycles. The molecule has 1 aliphatic carbocycles. The van der Waals surface area contributed by atoms with Gasteiger partial charge in [-0.1, -0.05) is 29.8 Å². The number of hydrogen-bond donors (Lipinski definition) is 1. The number of hydrogen-bond acceptors (Lipinski definition) is 3. The molecule has 0 saturated heterocycles. The summed E-state index contributed by atoms with van der Waals surface area (Å²) < 4.78 is 5.57. The van der Waals surface area contributed by atoms with E-state index in [4.69, 9.17) is 4.42 Å². The number of nitrogens with zero attached hydrogens (tertiary/aromatic N) is 1. The van der Waals surface area contributed by atoms with Gasteiger partial charge in [0.25, 0.3) is 0 Å². The van der Waals surface area contributed by atoms with Crippen LogP contribution in [0.2, 0.25) is 0 Å². The molecular weight excluding hydrogens is 248 g/mol. The first-order chi connectivity index (χ1) is 9.61. The second kappa shape index (κ2) is 5.41. The zero-order valence-corrected chi connectivity index (χ0v) is 12.4. The Morgan fingerprint density at radius 1 is 1.30 bits per heavy atom. The number of aryl methyl sites for hydroxylation is 2. The Morgan fingerprint density at radius 3 is 2.75 bits per heavy atom. The molecule has 1 aromatic heterocycles. The molecule has 3 heteroatoms. The average molecular weight is 270 g/mol. The monoisotopic (exact) mass is 270 g/mol. The maximum Gasteiger partial charge on any atom is 0.211 e. The normalized spacial score (nSPS) is 23.4. The summed E-state index contributed by atoms with van der Waals surface area (Å²) >= 11 is 0. The molecule has 1 N–H and O–H groups in total. The number of aromatic nitrogens is 1. The number of nitrogens with one attached hydrogen (secondary N) is 1. The van der Waals surface area contributed by atoms with Crippen molar-refractivity contribution in [2.45, 2.75) is 51.6 Å². The summed E-state index contributed by atoms with van der Waals surface area (Å²) in [6, 6.07) is 9.63. The van der Waals surface area contributed by atoms with E-state index in [1.165, 1.54) is 24.0 Å². The van der Waals surface area contributed by atoms with Crippen molar-refractivity contribution in [1.82, 2.24) is 10.3 Å². The van der Waals surface area contributed by atoms with Crippen molar-refractivity contribution < 1.29 is 4.42 Å². The lowest BCUT2D eigenvalue weighted by Crippen LogP contribution is -2.41. The van der Waals surface area contributed by atoms with Crippen LogP contribution in [0, 0.1) is 13.8 Å². The van der Waals surface area contributed by atoms with Crippen LogP contribution < -0.4 is 5.32 Å². The van der Waals surface area contributed by atoms with Gasteiger partial charge in [0, 0.05) is 6.04 Å². The highest BCUT2D eigenvalue weighted by molar-refractivity contribution is 5.27. The molecule has 3 rings (SSSR count). The third-order valence-electron chi connectivity index (χ3n) is 4.15. The average Bonchev–Trinajstić information content (AvgIpc) is 2.80. The van der Waals surface area contributed by atoms with Crippen molar-refractivity contribution in [3.05, 3.63) is 53.2 Å². The van der Waals surface area contributed by atoms with Gasteiger partial charge in [0.1, 0.15) is 5.76 Å². The van der Waals surface area contributed by atoms with Crippen molar-refractivity contribution in [1.29, 1.82) is 0 Å². The van der Waals surface area contributed by atoms with Gasteiger partial charge in [-0.25, -0.2) is 4.98 Å².